The fourth-order valence-electron chi connectivity index (χ4n) is 6.28. The predicted octanol–water partition coefficient (Wildman–Crippen LogP) is 3.26. The lowest BCUT2D eigenvalue weighted by Crippen LogP contribution is -2.60. The van der Waals surface area contributed by atoms with Crippen molar-refractivity contribution in [3.63, 3.8) is 0 Å². The Morgan fingerprint density at radius 3 is 2.24 bits per heavy atom. The molecule has 4 saturated carbocycles. The van der Waals surface area contributed by atoms with Crippen molar-refractivity contribution in [3.8, 4) is 0 Å². The average molecular weight is 293 g/mol. The minimum absolute atomic E-state index is 0.160. The summed E-state index contributed by atoms with van der Waals surface area (Å²) in [4.78, 5) is 12.9. The zero-order valence-electron chi connectivity index (χ0n) is 14.1. The normalized spacial score (nSPS) is 47.2. The van der Waals surface area contributed by atoms with E-state index in [9.17, 15) is 9.90 Å². The molecule has 3 heteroatoms. The second-order valence-corrected chi connectivity index (χ2v) is 9.44. The molecule has 4 aliphatic carbocycles. The Labute approximate surface area is 128 Å². The quantitative estimate of drug-likeness (QED) is 0.836. The van der Waals surface area contributed by atoms with Crippen LogP contribution in [0.2, 0.25) is 0 Å². The molecule has 4 fully saturated rings. The van der Waals surface area contributed by atoms with Crippen LogP contribution in [0.4, 0.5) is 0 Å². The molecular formula is C18H31NO2. The molecule has 0 aliphatic heterocycles. The zero-order chi connectivity index (χ0) is 15.5. The third-order valence-electron chi connectivity index (χ3n) is 6.50. The number of hydrogen-bond donors (Lipinski definition) is 2. The van der Waals surface area contributed by atoms with Crippen LogP contribution in [0.3, 0.4) is 0 Å². The Kier molecular flexibility index (Phi) is 3.26. The van der Waals surface area contributed by atoms with Gasteiger partial charge in [-0.05, 0) is 68.6 Å². The van der Waals surface area contributed by atoms with Crippen LogP contribution in [0.1, 0.15) is 72.6 Å². The summed E-state index contributed by atoms with van der Waals surface area (Å²) in [6.45, 7) is 8.91. The van der Waals surface area contributed by atoms with Gasteiger partial charge in [-0.2, -0.15) is 0 Å². The van der Waals surface area contributed by atoms with Crippen molar-refractivity contribution >= 4 is 5.91 Å². The first-order valence-corrected chi connectivity index (χ1v) is 8.60. The van der Waals surface area contributed by atoms with Crippen LogP contribution in [0, 0.1) is 22.2 Å². The SMILES string of the molecule is CCC(C)(O)CNC(=O)C12CC3CC(C)(CC(C)(C3)C1)C2. The van der Waals surface area contributed by atoms with Gasteiger partial charge in [0, 0.05) is 6.54 Å². The molecule has 4 bridgehead atoms. The van der Waals surface area contributed by atoms with E-state index in [-0.39, 0.29) is 11.3 Å². The molecule has 3 unspecified atom stereocenters. The molecule has 3 nitrogen and oxygen atoms in total. The first-order valence-electron chi connectivity index (χ1n) is 8.60. The summed E-state index contributed by atoms with van der Waals surface area (Å²) in [5.74, 6) is 0.937. The van der Waals surface area contributed by atoms with Gasteiger partial charge < -0.3 is 10.4 Å². The fraction of sp³-hybridized carbons (Fsp3) is 0.944. The molecule has 0 aromatic heterocycles. The standard InChI is InChI=1S/C18H31NO2/c1-5-17(4,21)12-19-14(20)18-8-13-6-15(2,10-18)9-16(3,7-13)11-18/h13,21H,5-12H2,1-4H3,(H,19,20). The van der Waals surface area contributed by atoms with Gasteiger partial charge in [-0.1, -0.05) is 20.8 Å². The monoisotopic (exact) mass is 293 g/mol. The second kappa shape index (κ2) is 4.47. The first kappa shape index (κ1) is 15.3. The molecule has 1 amide bonds. The Morgan fingerprint density at radius 2 is 1.76 bits per heavy atom. The number of rotatable bonds is 4. The lowest BCUT2D eigenvalue weighted by Gasteiger charge is -2.64. The van der Waals surface area contributed by atoms with Crippen molar-refractivity contribution in [3.05, 3.63) is 0 Å². The summed E-state index contributed by atoms with van der Waals surface area (Å²) in [7, 11) is 0. The van der Waals surface area contributed by atoms with Gasteiger partial charge in [-0.15, -0.1) is 0 Å². The van der Waals surface area contributed by atoms with Gasteiger partial charge in [0.15, 0.2) is 0 Å². The van der Waals surface area contributed by atoms with Crippen LogP contribution in [0.15, 0.2) is 0 Å². The van der Waals surface area contributed by atoms with E-state index in [0.29, 0.717) is 23.8 Å². The van der Waals surface area contributed by atoms with Gasteiger partial charge in [0.05, 0.1) is 11.0 Å². The number of carbonyl (C=O) groups is 1. The van der Waals surface area contributed by atoms with Crippen molar-refractivity contribution in [2.24, 2.45) is 22.2 Å². The van der Waals surface area contributed by atoms with Crippen molar-refractivity contribution < 1.29 is 9.90 Å². The number of carbonyl (C=O) groups excluding carboxylic acids is 1. The van der Waals surface area contributed by atoms with Crippen molar-refractivity contribution in [2.75, 3.05) is 6.54 Å². The first-order chi connectivity index (χ1) is 9.60. The molecule has 4 aliphatic rings. The highest BCUT2D eigenvalue weighted by atomic mass is 16.3. The maximum absolute atomic E-state index is 12.9. The molecule has 0 aromatic rings. The van der Waals surface area contributed by atoms with Crippen molar-refractivity contribution in [1.29, 1.82) is 0 Å². The summed E-state index contributed by atoms with van der Waals surface area (Å²) in [5, 5.41) is 13.2. The summed E-state index contributed by atoms with van der Waals surface area (Å²) in [6.07, 6.45) is 7.74. The topological polar surface area (TPSA) is 49.3 Å². The van der Waals surface area contributed by atoms with Crippen molar-refractivity contribution in [2.45, 2.75) is 78.2 Å². The maximum atomic E-state index is 12.9. The number of amides is 1. The Hall–Kier alpha value is -0.570. The fourth-order valence-corrected chi connectivity index (χ4v) is 6.28. The summed E-state index contributed by atoms with van der Waals surface area (Å²) < 4.78 is 0. The summed E-state index contributed by atoms with van der Waals surface area (Å²) in [5.41, 5.74) is -0.226. The summed E-state index contributed by atoms with van der Waals surface area (Å²) >= 11 is 0. The molecule has 120 valence electrons. The Balaban J connectivity index is 1.77. The number of aliphatic hydroxyl groups is 1. The molecule has 0 heterocycles. The lowest BCUT2D eigenvalue weighted by atomic mass is 9.40. The smallest absolute Gasteiger partial charge is 0.226 e. The Bertz CT molecular complexity index is 438. The molecule has 0 spiro atoms. The van der Waals surface area contributed by atoms with Gasteiger partial charge >= 0.3 is 0 Å². The molecule has 0 radical (unpaired) electrons. The van der Waals surface area contributed by atoms with Crippen LogP contribution >= 0.6 is 0 Å². The molecule has 3 atom stereocenters. The van der Waals surface area contributed by atoms with E-state index in [4.69, 9.17) is 0 Å². The van der Waals surface area contributed by atoms with Crippen LogP contribution in [-0.2, 0) is 4.79 Å². The van der Waals surface area contributed by atoms with E-state index in [0.717, 1.165) is 25.2 Å². The highest BCUT2D eigenvalue weighted by molar-refractivity contribution is 5.83. The van der Waals surface area contributed by atoms with Gasteiger partial charge in [0.1, 0.15) is 0 Å². The van der Waals surface area contributed by atoms with E-state index < -0.39 is 5.60 Å². The van der Waals surface area contributed by atoms with Crippen LogP contribution in [0.25, 0.3) is 0 Å². The number of nitrogens with one attached hydrogen (secondary N) is 1. The minimum atomic E-state index is -0.786. The van der Waals surface area contributed by atoms with Crippen molar-refractivity contribution in [1.82, 2.24) is 5.32 Å². The minimum Gasteiger partial charge on any atom is -0.388 e. The average Bonchev–Trinajstić information content (AvgIpc) is 2.31. The molecule has 2 N–H and O–H groups in total. The van der Waals surface area contributed by atoms with Crippen LogP contribution < -0.4 is 5.32 Å². The van der Waals surface area contributed by atoms with Gasteiger partial charge in [0.25, 0.3) is 0 Å². The molecular weight excluding hydrogens is 262 g/mol. The van der Waals surface area contributed by atoms with Gasteiger partial charge in [0.2, 0.25) is 5.91 Å². The van der Waals surface area contributed by atoms with Crippen LogP contribution in [0.5, 0.6) is 0 Å². The van der Waals surface area contributed by atoms with Gasteiger partial charge in [-0.25, -0.2) is 0 Å². The van der Waals surface area contributed by atoms with Gasteiger partial charge in [-0.3, -0.25) is 4.79 Å². The highest BCUT2D eigenvalue weighted by Crippen LogP contribution is 2.69. The molecule has 0 aromatic carbocycles. The van der Waals surface area contributed by atoms with E-state index in [1.165, 1.54) is 19.3 Å². The third-order valence-corrected chi connectivity index (χ3v) is 6.50. The molecule has 21 heavy (non-hydrogen) atoms. The Morgan fingerprint density at radius 1 is 1.19 bits per heavy atom. The van der Waals surface area contributed by atoms with Crippen LogP contribution in [-0.4, -0.2) is 23.2 Å². The molecule has 0 saturated heterocycles. The molecule has 4 rings (SSSR count). The van der Waals surface area contributed by atoms with E-state index in [1.807, 2.05) is 6.92 Å². The third kappa shape index (κ3) is 2.62. The zero-order valence-corrected chi connectivity index (χ0v) is 14.1. The highest BCUT2D eigenvalue weighted by Gasteiger charge is 2.62. The van der Waals surface area contributed by atoms with E-state index in [2.05, 4.69) is 19.2 Å². The maximum Gasteiger partial charge on any atom is 0.226 e. The second-order valence-electron chi connectivity index (χ2n) is 9.44. The largest absolute Gasteiger partial charge is 0.388 e. The number of hydrogen-bond acceptors (Lipinski definition) is 2. The van der Waals surface area contributed by atoms with E-state index in [1.54, 1.807) is 6.92 Å². The lowest BCUT2D eigenvalue weighted by molar-refractivity contribution is -0.170. The predicted molar refractivity (Wildman–Crippen MR) is 83.8 cm³/mol. The summed E-state index contributed by atoms with van der Waals surface area (Å²) in [6, 6.07) is 0. The van der Waals surface area contributed by atoms with E-state index >= 15 is 0 Å².